The second-order valence-corrected chi connectivity index (χ2v) is 8.05. The molecule has 0 bridgehead atoms. The SMILES string of the molecule is CN1CCN(C(=O)c2sccc2Oc2ccc(C(F)(F)F)cc2Cl)c2ccccc21. The van der Waals surface area contributed by atoms with E-state index in [1.54, 1.807) is 16.3 Å². The predicted molar refractivity (Wildman–Crippen MR) is 112 cm³/mol. The van der Waals surface area contributed by atoms with Crippen LogP contribution in [0.3, 0.4) is 0 Å². The lowest BCUT2D eigenvalue weighted by Crippen LogP contribution is -2.42. The number of para-hydroxylation sites is 2. The summed E-state index contributed by atoms with van der Waals surface area (Å²) >= 11 is 7.20. The number of rotatable bonds is 3. The molecule has 1 aromatic heterocycles. The molecule has 1 aliphatic heterocycles. The second-order valence-electron chi connectivity index (χ2n) is 6.73. The van der Waals surface area contributed by atoms with Crippen LogP contribution >= 0.6 is 22.9 Å². The van der Waals surface area contributed by atoms with Gasteiger partial charge < -0.3 is 14.5 Å². The molecule has 0 radical (unpaired) electrons. The van der Waals surface area contributed by atoms with E-state index < -0.39 is 11.7 Å². The van der Waals surface area contributed by atoms with Crippen molar-refractivity contribution in [2.45, 2.75) is 6.18 Å². The standard InChI is InChI=1S/C21H16ClF3N2O2S/c1-26-9-10-27(16-5-3-2-4-15(16)26)20(28)19-18(8-11-30-19)29-17-7-6-13(12-14(17)22)21(23,24)25/h2-8,11-12H,9-10H2,1H3. The molecule has 30 heavy (non-hydrogen) atoms. The van der Waals surface area contributed by atoms with E-state index in [9.17, 15) is 18.0 Å². The minimum Gasteiger partial charge on any atom is -0.454 e. The third-order valence-electron chi connectivity index (χ3n) is 4.79. The van der Waals surface area contributed by atoms with Crippen LogP contribution in [0.1, 0.15) is 15.2 Å². The van der Waals surface area contributed by atoms with Crippen LogP contribution in [-0.4, -0.2) is 26.0 Å². The first-order valence-electron chi connectivity index (χ1n) is 9.00. The average molecular weight is 453 g/mol. The van der Waals surface area contributed by atoms with Gasteiger partial charge in [0, 0.05) is 20.1 Å². The number of fused-ring (bicyclic) bond motifs is 1. The lowest BCUT2D eigenvalue weighted by atomic mass is 10.1. The maximum absolute atomic E-state index is 13.3. The fraction of sp³-hybridized carbons (Fsp3) is 0.190. The summed E-state index contributed by atoms with van der Waals surface area (Å²) in [6.07, 6.45) is -4.50. The molecule has 0 saturated heterocycles. The lowest BCUT2D eigenvalue weighted by Gasteiger charge is -2.35. The number of alkyl halides is 3. The van der Waals surface area contributed by atoms with Crippen LogP contribution in [-0.2, 0) is 6.18 Å². The number of anilines is 2. The van der Waals surface area contributed by atoms with Crippen molar-refractivity contribution >= 4 is 40.2 Å². The number of carbonyl (C=O) groups excluding carboxylic acids is 1. The van der Waals surface area contributed by atoms with Crippen molar-refractivity contribution < 1.29 is 22.7 Å². The summed E-state index contributed by atoms with van der Waals surface area (Å²) in [5, 5.41) is 1.52. The molecule has 4 nitrogen and oxygen atoms in total. The maximum Gasteiger partial charge on any atom is 0.416 e. The smallest absolute Gasteiger partial charge is 0.416 e. The molecule has 0 N–H and O–H groups in total. The first-order chi connectivity index (χ1) is 14.3. The van der Waals surface area contributed by atoms with Gasteiger partial charge >= 0.3 is 6.18 Å². The van der Waals surface area contributed by atoms with E-state index in [2.05, 4.69) is 4.90 Å². The number of carbonyl (C=O) groups is 1. The highest BCUT2D eigenvalue weighted by atomic mass is 35.5. The molecule has 0 spiro atoms. The van der Waals surface area contributed by atoms with Gasteiger partial charge in [-0.05, 0) is 41.8 Å². The highest BCUT2D eigenvalue weighted by Gasteiger charge is 2.32. The summed E-state index contributed by atoms with van der Waals surface area (Å²) in [6, 6.07) is 12.1. The maximum atomic E-state index is 13.3. The van der Waals surface area contributed by atoms with Crippen LogP contribution in [0.4, 0.5) is 24.5 Å². The summed E-state index contributed by atoms with van der Waals surface area (Å²) in [7, 11) is 1.97. The highest BCUT2D eigenvalue weighted by Crippen LogP contribution is 2.40. The Morgan fingerprint density at radius 3 is 2.50 bits per heavy atom. The Morgan fingerprint density at radius 1 is 1.07 bits per heavy atom. The van der Waals surface area contributed by atoms with Crippen molar-refractivity contribution in [1.29, 1.82) is 0 Å². The fourth-order valence-electron chi connectivity index (χ4n) is 3.25. The molecular weight excluding hydrogens is 437 g/mol. The Hall–Kier alpha value is -2.71. The third-order valence-corrected chi connectivity index (χ3v) is 5.97. The zero-order valence-corrected chi connectivity index (χ0v) is 17.3. The Kier molecular flexibility index (Phi) is 5.38. The van der Waals surface area contributed by atoms with E-state index in [4.69, 9.17) is 16.3 Å². The van der Waals surface area contributed by atoms with E-state index in [0.29, 0.717) is 18.0 Å². The number of nitrogens with zero attached hydrogens (tertiary/aromatic N) is 2. The van der Waals surface area contributed by atoms with Crippen molar-refractivity contribution in [3.8, 4) is 11.5 Å². The number of thiophene rings is 1. The molecule has 0 atom stereocenters. The van der Waals surface area contributed by atoms with Crippen molar-refractivity contribution in [3.63, 3.8) is 0 Å². The fourth-order valence-corrected chi connectivity index (χ4v) is 4.24. The van der Waals surface area contributed by atoms with Crippen LogP contribution < -0.4 is 14.5 Å². The summed E-state index contributed by atoms with van der Waals surface area (Å²) in [4.78, 5) is 17.4. The number of benzene rings is 2. The first kappa shape index (κ1) is 20.6. The van der Waals surface area contributed by atoms with Gasteiger partial charge in [0.25, 0.3) is 5.91 Å². The molecule has 1 amide bonds. The number of ether oxygens (including phenoxy) is 1. The van der Waals surface area contributed by atoms with Crippen LogP contribution in [0.2, 0.25) is 5.02 Å². The van der Waals surface area contributed by atoms with Gasteiger partial charge in [-0.1, -0.05) is 23.7 Å². The van der Waals surface area contributed by atoms with E-state index in [1.165, 1.54) is 11.3 Å². The lowest BCUT2D eigenvalue weighted by molar-refractivity contribution is -0.137. The van der Waals surface area contributed by atoms with Crippen LogP contribution in [0.15, 0.2) is 53.9 Å². The molecule has 0 saturated carbocycles. The molecule has 9 heteroatoms. The molecule has 3 aromatic rings. The van der Waals surface area contributed by atoms with Gasteiger partial charge in [-0.25, -0.2) is 0 Å². The summed E-state index contributed by atoms with van der Waals surface area (Å²) in [6.45, 7) is 1.18. The van der Waals surface area contributed by atoms with Gasteiger partial charge in [0.1, 0.15) is 10.6 Å². The van der Waals surface area contributed by atoms with Gasteiger partial charge in [-0.3, -0.25) is 4.79 Å². The molecule has 156 valence electrons. The van der Waals surface area contributed by atoms with E-state index in [1.807, 2.05) is 31.3 Å². The Bertz CT molecular complexity index is 1100. The highest BCUT2D eigenvalue weighted by molar-refractivity contribution is 7.12. The molecular formula is C21H16ClF3N2O2S. The van der Waals surface area contributed by atoms with E-state index in [-0.39, 0.29) is 22.4 Å². The van der Waals surface area contributed by atoms with Gasteiger partial charge in [-0.2, -0.15) is 13.2 Å². The number of hydrogen-bond acceptors (Lipinski definition) is 4. The predicted octanol–water partition coefficient (Wildman–Crippen LogP) is 6.31. The Labute approximate surface area is 180 Å². The van der Waals surface area contributed by atoms with Crippen LogP contribution in [0.5, 0.6) is 11.5 Å². The average Bonchev–Trinajstić information content (AvgIpc) is 3.17. The van der Waals surface area contributed by atoms with Gasteiger partial charge in [-0.15, -0.1) is 11.3 Å². The largest absolute Gasteiger partial charge is 0.454 e. The van der Waals surface area contributed by atoms with E-state index in [0.717, 1.165) is 29.6 Å². The molecule has 0 aliphatic carbocycles. The topological polar surface area (TPSA) is 32.8 Å². The molecule has 2 heterocycles. The summed E-state index contributed by atoms with van der Waals surface area (Å²) < 4.78 is 44.3. The third kappa shape index (κ3) is 3.85. The molecule has 0 fully saturated rings. The number of hydrogen-bond donors (Lipinski definition) is 0. The molecule has 4 rings (SSSR count). The minimum absolute atomic E-state index is 0.0518. The number of halogens is 4. The Morgan fingerprint density at radius 2 is 1.80 bits per heavy atom. The van der Waals surface area contributed by atoms with E-state index >= 15 is 0 Å². The van der Waals surface area contributed by atoms with Crippen molar-refractivity contribution in [2.24, 2.45) is 0 Å². The van der Waals surface area contributed by atoms with Gasteiger partial charge in [0.2, 0.25) is 0 Å². The van der Waals surface area contributed by atoms with Crippen molar-refractivity contribution in [2.75, 3.05) is 29.9 Å². The normalized spacial score (nSPS) is 13.9. The minimum atomic E-state index is -4.50. The van der Waals surface area contributed by atoms with Crippen LogP contribution in [0.25, 0.3) is 0 Å². The molecule has 2 aromatic carbocycles. The van der Waals surface area contributed by atoms with Crippen molar-refractivity contribution in [3.05, 3.63) is 69.4 Å². The zero-order valence-electron chi connectivity index (χ0n) is 15.7. The number of amides is 1. The monoisotopic (exact) mass is 452 g/mol. The Balaban J connectivity index is 1.62. The van der Waals surface area contributed by atoms with Gasteiger partial charge in [0.15, 0.2) is 5.75 Å². The summed E-state index contributed by atoms with van der Waals surface area (Å²) in [5.41, 5.74) is 0.876. The molecule has 0 unspecified atom stereocenters. The van der Waals surface area contributed by atoms with Crippen LogP contribution in [0, 0.1) is 0 Å². The summed E-state index contributed by atoms with van der Waals surface area (Å²) in [5.74, 6) is 0.0718. The quantitative estimate of drug-likeness (QED) is 0.467. The second kappa shape index (κ2) is 7.85. The molecule has 1 aliphatic rings. The van der Waals surface area contributed by atoms with Gasteiger partial charge in [0.05, 0.1) is 22.0 Å². The van der Waals surface area contributed by atoms with Crippen molar-refractivity contribution in [1.82, 2.24) is 0 Å². The zero-order chi connectivity index (χ0) is 21.5. The number of likely N-dealkylation sites (N-methyl/N-ethyl adjacent to an activating group) is 1. The first-order valence-corrected chi connectivity index (χ1v) is 10.3.